The maximum Gasteiger partial charge on any atom is 0.336 e. The summed E-state index contributed by atoms with van der Waals surface area (Å²) in [5.74, 6) is -0.781. The zero-order valence-corrected chi connectivity index (χ0v) is 20.9. The highest BCUT2D eigenvalue weighted by molar-refractivity contribution is 6.19. The van der Waals surface area contributed by atoms with E-state index in [1.807, 2.05) is 19.1 Å². The molecule has 0 saturated heterocycles. The molecule has 0 unspecified atom stereocenters. The lowest BCUT2D eigenvalue weighted by Gasteiger charge is -2.32. The number of benzene rings is 1. The van der Waals surface area contributed by atoms with E-state index in [1.54, 1.807) is 31.2 Å². The third kappa shape index (κ3) is 6.67. The summed E-state index contributed by atoms with van der Waals surface area (Å²) in [7, 11) is 1.51. The first kappa shape index (κ1) is 26.1. The third-order valence-electron chi connectivity index (χ3n) is 6.24. The molecule has 0 aliphatic heterocycles. The van der Waals surface area contributed by atoms with Crippen LogP contribution in [-0.2, 0) is 4.79 Å². The van der Waals surface area contributed by atoms with Gasteiger partial charge in [0.25, 0.3) is 0 Å². The summed E-state index contributed by atoms with van der Waals surface area (Å²) in [5.41, 5.74) is 5.48. The molecule has 1 aromatic carbocycles. The Kier molecular flexibility index (Phi) is 8.81. The van der Waals surface area contributed by atoms with E-state index in [9.17, 15) is 14.7 Å². The van der Waals surface area contributed by atoms with Crippen molar-refractivity contribution in [3.05, 3.63) is 82.0 Å². The van der Waals surface area contributed by atoms with Crippen LogP contribution in [0, 0.1) is 5.41 Å². The SMILES string of the molecule is COc1ccc(C(C)=O)c(\C(C(=O)O)=C(C)/C=C/C=C(C)/C=C/C2=C(C)CCCC2(C)C)c1. The molecule has 0 saturated carbocycles. The Bertz CT molecular complexity index is 1070. The van der Waals surface area contributed by atoms with E-state index in [0.29, 0.717) is 22.4 Å². The number of rotatable bonds is 8. The molecule has 0 radical (unpaired) electrons. The van der Waals surface area contributed by atoms with Gasteiger partial charge in [-0.3, -0.25) is 4.79 Å². The van der Waals surface area contributed by atoms with Gasteiger partial charge in [0.1, 0.15) is 5.75 Å². The Hall–Kier alpha value is -3.14. The summed E-state index contributed by atoms with van der Waals surface area (Å²) in [4.78, 5) is 24.2. The van der Waals surface area contributed by atoms with Crippen LogP contribution in [0.5, 0.6) is 5.75 Å². The molecular weight excluding hydrogens is 412 g/mol. The molecule has 0 bridgehead atoms. The molecule has 33 heavy (non-hydrogen) atoms. The van der Waals surface area contributed by atoms with E-state index in [4.69, 9.17) is 4.74 Å². The predicted molar refractivity (Wildman–Crippen MR) is 136 cm³/mol. The van der Waals surface area contributed by atoms with Crippen molar-refractivity contribution in [2.24, 2.45) is 5.41 Å². The van der Waals surface area contributed by atoms with E-state index in [1.165, 1.54) is 38.0 Å². The summed E-state index contributed by atoms with van der Waals surface area (Å²) in [6.45, 7) is 12.0. The zero-order chi connectivity index (χ0) is 24.8. The summed E-state index contributed by atoms with van der Waals surface area (Å²) >= 11 is 0. The number of carbonyl (C=O) groups excluding carboxylic acids is 1. The number of ketones is 1. The molecule has 0 atom stereocenters. The molecule has 0 amide bonds. The van der Waals surface area contributed by atoms with Crippen LogP contribution < -0.4 is 4.74 Å². The topological polar surface area (TPSA) is 63.6 Å². The van der Waals surface area contributed by atoms with Gasteiger partial charge in [-0.2, -0.15) is 0 Å². The van der Waals surface area contributed by atoms with Gasteiger partial charge in [-0.05, 0) is 81.7 Å². The highest BCUT2D eigenvalue weighted by Gasteiger charge is 2.26. The van der Waals surface area contributed by atoms with Crippen LogP contribution in [0.1, 0.15) is 76.7 Å². The van der Waals surface area contributed by atoms with Gasteiger partial charge in [0.05, 0.1) is 12.7 Å². The van der Waals surface area contributed by atoms with Gasteiger partial charge < -0.3 is 9.84 Å². The quantitative estimate of drug-likeness (QED) is 0.257. The highest BCUT2D eigenvalue weighted by atomic mass is 16.5. The summed E-state index contributed by atoms with van der Waals surface area (Å²) in [5, 5.41) is 9.90. The van der Waals surface area contributed by atoms with Crippen molar-refractivity contribution in [2.75, 3.05) is 7.11 Å². The first-order valence-corrected chi connectivity index (χ1v) is 11.3. The lowest BCUT2D eigenvalue weighted by Crippen LogP contribution is -2.19. The fraction of sp³-hybridized carbons (Fsp3) is 0.379. The van der Waals surface area contributed by atoms with Crippen molar-refractivity contribution in [3.63, 3.8) is 0 Å². The maximum absolute atomic E-state index is 12.1. The van der Waals surface area contributed by atoms with Crippen LogP contribution in [0.25, 0.3) is 5.57 Å². The van der Waals surface area contributed by atoms with Crippen molar-refractivity contribution in [1.82, 2.24) is 0 Å². The van der Waals surface area contributed by atoms with Crippen LogP contribution in [-0.4, -0.2) is 24.0 Å². The minimum Gasteiger partial charge on any atom is -0.497 e. The molecule has 0 aromatic heterocycles. The summed E-state index contributed by atoms with van der Waals surface area (Å²) in [6, 6.07) is 4.87. The van der Waals surface area contributed by atoms with Crippen LogP contribution in [0.15, 0.2) is 70.9 Å². The summed E-state index contributed by atoms with van der Waals surface area (Å²) < 4.78 is 5.25. The van der Waals surface area contributed by atoms with Gasteiger partial charge in [0.15, 0.2) is 5.78 Å². The molecule has 1 aliphatic carbocycles. The first-order valence-electron chi connectivity index (χ1n) is 11.3. The molecular formula is C29H36O4. The maximum atomic E-state index is 12.1. The summed E-state index contributed by atoms with van der Waals surface area (Å²) in [6.07, 6.45) is 13.5. The number of ether oxygens (including phenoxy) is 1. The highest BCUT2D eigenvalue weighted by Crippen LogP contribution is 2.40. The third-order valence-corrected chi connectivity index (χ3v) is 6.24. The molecule has 1 aromatic rings. The number of allylic oxidation sites excluding steroid dienone is 9. The fourth-order valence-corrected chi connectivity index (χ4v) is 4.37. The number of carboxylic acid groups (broad SMARTS) is 1. The minimum absolute atomic E-state index is 0.0849. The molecule has 0 fully saturated rings. The number of hydrogen-bond donors (Lipinski definition) is 1. The molecule has 1 aliphatic rings. The fourth-order valence-electron chi connectivity index (χ4n) is 4.37. The van der Waals surface area contributed by atoms with Crippen LogP contribution >= 0.6 is 0 Å². The van der Waals surface area contributed by atoms with Crippen molar-refractivity contribution in [2.45, 2.75) is 60.8 Å². The second-order valence-corrected chi connectivity index (χ2v) is 9.37. The Balaban J connectivity index is 2.37. The van der Waals surface area contributed by atoms with E-state index in [2.05, 4.69) is 32.9 Å². The van der Waals surface area contributed by atoms with Gasteiger partial charge in [-0.15, -0.1) is 0 Å². The normalized spacial score (nSPS) is 17.5. The van der Waals surface area contributed by atoms with Crippen LogP contribution in [0.3, 0.4) is 0 Å². The molecule has 4 nitrogen and oxygen atoms in total. The van der Waals surface area contributed by atoms with Crippen molar-refractivity contribution < 1.29 is 19.4 Å². The number of carbonyl (C=O) groups is 2. The van der Waals surface area contributed by atoms with Crippen molar-refractivity contribution in [3.8, 4) is 5.75 Å². The van der Waals surface area contributed by atoms with E-state index in [-0.39, 0.29) is 16.8 Å². The van der Waals surface area contributed by atoms with Crippen LogP contribution in [0.4, 0.5) is 0 Å². The van der Waals surface area contributed by atoms with Gasteiger partial charge in [0.2, 0.25) is 0 Å². The van der Waals surface area contributed by atoms with Gasteiger partial charge in [-0.25, -0.2) is 4.79 Å². The standard InChI is InChI=1S/C29H36O4/c1-19(13-16-26-20(2)12-9-17-29(26,5)6)10-8-11-21(3)27(28(31)32)25-18-23(33-7)14-15-24(25)22(4)30/h8,10-11,13-16,18H,9,12,17H2,1-7H3,(H,31,32)/b11-8+,16-13+,19-10+,27-21+. The molecule has 2 rings (SSSR count). The lowest BCUT2D eigenvalue weighted by atomic mass is 9.72. The molecule has 4 heteroatoms. The molecule has 1 N–H and O–H groups in total. The Morgan fingerprint density at radius 2 is 1.79 bits per heavy atom. The predicted octanol–water partition coefficient (Wildman–Crippen LogP) is 7.34. The van der Waals surface area contributed by atoms with E-state index >= 15 is 0 Å². The number of carboxylic acids is 1. The Morgan fingerprint density at radius 1 is 1.09 bits per heavy atom. The van der Waals surface area contributed by atoms with Crippen molar-refractivity contribution in [1.29, 1.82) is 0 Å². The van der Waals surface area contributed by atoms with Crippen molar-refractivity contribution >= 4 is 17.3 Å². The Morgan fingerprint density at radius 3 is 2.36 bits per heavy atom. The van der Waals surface area contributed by atoms with Gasteiger partial charge in [-0.1, -0.05) is 55.4 Å². The number of aliphatic carboxylic acids is 1. The number of Topliss-reactive ketones (excluding diaryl/α,β-unsaturated/α-hetero) is 1. The molecule has 0 spiro atoms. The minimum atomic E-state index is -1.09. The van der Waals surface area contributed by atoms with Gasteiger partial charge >= 0.3 is 5.97 Å². The number of hydrogen-bond acceptors (Lipinski definition) is 3. The molecule has 0 heterocycles. The average Bonchev–Trinajstić information content (AvgIpc) is 2.72. The van der Waals surface area contributed by atoms with E-state index in [0.717, 1.165) is 12.0 Å². The van der Waals surface area contributed by atoms with Crippen LogP contribution in [0.2, 0.25) is 0 Å². The number of methoxy groups -OCH3 is 1. The first-order chi connectivity index (χ1) is 15.5. The van der Waals surface area contributed by atoms with E-state index < -0.39 is 5.97 Å². The second kappa shape index (κ2) is 11.1. The monoisotopic (exact) mass is 448 g/mol. The second-order valence-electron chi connectivity index (χ2n) is 9.37. The average molecular weight is 449 g/mol. The Labute approximate surface area is 198 Å². The zero-order valence-electron chi connectivity index (χ0n) is 20.9. The largest absolute Gasteiger partial charge is 0.497 e. The smallest absolute Gasteiger partial charge is 0.336 e. The molecule has 176 valence electrons. The lowest BCUT2D eigenvalue weighted by molar-refractivity contribution is -0.130. The van der Waals surface area contributed by atoms with Gasteiger partial charge in [0, 0.05) is 11.1 Å².